The number of carbonyl (C=O) groups excluding carboxylic acids is 1. The Morgan fingerprint density at radius 3 is 2.78 bits per heavy atom. The summed E-state index contributed by atoms with van der Waals surface area (Å²) >= 11 is 0. The van der Waals surface area contributed by atoms with Crippen LogP contribution in [0.3, 0.4) is 0 Å². The molecule has 2 rings (SSSR count). The highest BCUT2D eigenvalue weighted by atomic mass is 16.5. The van der Waals surface area contributed by atoms with E-state index in [1.165, 1.54) is 7.11 Å². The highest BCUT2D eigenvalue weighted by molar-refractivity contribution is 6.06. The first kappa shape index (κ1) is 12.3. The molecule has 0 saturated carbocycles. The fourth-order valence-electron chi connectivity index (χ4n) is 2.05. The van der Waals surface area contributed by atoms with Gasteiger partial charge in [0.15, 0.2) is 5.69 Å². The van der Waals surface area contributed by atoms with Crippen LogP contribution in [0.1, 0.15) is 17.4 Å². The predicted molar refractivity (Wildman–Crippen MR) is 69.8 cm³/mol. The van der Waals surface area contributed by atoms with Crippen LogP contribution in [0.15, 0.2) is 18.2 Å². The van der Waals surface area contributed by atoms with E-state index in [2.05, 4.69) is 0 Å². The Morgan fingerprint density at radius 1 is 1.44 bits per heavy atom. The number of nitrogen functional groups attached to an aromatic ring is 1. The Morgan fingerprint density at radius 2 is 2.17 bits per heavy atom. The number of methoxy groups -OCH3 is 1. The van der Waals surface area contributed by atoms with Gasteiger partial charge in [-0.2, -0.15) is 0 Å². The normalized spacial score (nSPS) is 10.6. The summed E-state index contributed by atoms with van der Waals surface area (Å²) in [6.07, 6.45) is 0. The fraction of sp³-hybridized carbons (Fsp3) is 0.308. The van der Waals surface area contributed by atoms with E-state index in [9.17, 15) is 4.79 Å². The molecule has 2 N–H and O–H groups in total. The van der Waals surface area contributed by atoms with Gasteiger partial charge in [0.05, 0.1) is 24.9 Å². The van der Waals surface area contributed by atoms with Gasteiger partial charge in [0, 0.05) is 12.4 Å². The van der Waals surface area contributed by atoms with Crippen LogP contribution >= 0.6 is 0 Å². The molecule has 0 fully saturated rings. The number of nitrogens with two attached hydrogens (primary N) is 1. The molecule has 1 aromatic carbocycles. The molecule has 0 aliphatic carbocycles. The number of esters is 1. The fourth-order valence-corrected chi connectivity index (χ4v) is 2.05. The number of aromatic nitrogens is 1. The minimum absolute atomic E-state index is 0.362. The first-order chi connectivity index (χ1) is 8.60. The minimum atomic E-state index is -0.441. The van der Waals surface area contributed by atoms with Gasteiger partial charge >= 0.3 is 5.97 Å². The van der Waals surface area contributed by atoms with Crippen molar-refractivity contribution in [2.75, 3.05) is 19.5 Å². The number of anilines is 1. The van der Waals surface area contributed by atoms with Gasteiger partial charge in [-0.25, -0.2) is 4.79 Å². The maximum atomic E-state index is 11.7. The SMILES string of the molecule is CCOc1ccc2c(c1)c(N)c(C(=O)OC)n2C. The zero-order valence-corrected chi connectivity index (χ0v) is 10.7. The lowest BCUT2D eigenvalue weighted by atomic mass is 10.2. The van der Waals surface area contributed by atoms with Gasteiger partial charge in [0.1, 0.15) is 5.75 Å². The number of benzene rings is 1. The summed E-state index contributed by atoms with van der Waals surface area (Å²) in [5.41, 5.74) is 7.66. The molecule has 5 heteroatoms. The lowest BCUT2D eigenvalue weighted by Crippen LogP contribution is -2.09. The molecule has 0 aliphatic rings. The molecule has 0 aliphatic heterocycles. The van der Waals surface area contributed by atoms with Crippen LogP contribution in [0.2, 0.25) is 0 Å². The second-order valence-corrected chi connectivity index (χ2v) is 3.92. The molecule has 0 radical (unpaired) electrons. The molecule has 18 heavy (non-hydrogen) atoms. The summed E-state index contributed by atoms with van der Waals surface area (Å²) in [6, 6.07) is 5.57. The van der Waals surface area contributed by atoms with Gasteiger partial charge in [-0.3, -0.25) is 0 Å². The summed E-state index contributed by atoms with van der Waals surface area (Å²) in [5, 5.41) is 0.795. The van der Waals surface area contributed by atoms with Crippen molar-refractivity contribution >= 4 is 22.6 Å². The maximum Gasteiger partial charge on any atom is 0.356 e. The molecular weight excluding hydrogens is 232 g/mol. The van der Waals surface area contributed by atoms with Crippen LogP contribution in [-0.2, 0) is 11.8 Å². The van der Waals surface area contributed by atoms with Crippen LogP contribution in [0.25, 0.3) is 10.9 Å². The van der Waals surface area contributed by atoms with Crippen molar-refractivity contribution in [3.05, 3.63) is 23.9 Å². The third-order valence-electron chi connectivity index (χ3n) is 2.90. The van der Waals surface area contributed by atoms with E-state index in [0.29, 0.717) is 18.0 Å². The van der Waals surface area contributed by atoms with Gasteiger partial charge in [0.25, 0.3) is 0 Å². The van der Waals surface area contributed by atoms with Crippen molar-refractivity contribution in [2.24, 2.45) is 7.05 Å². The monoisotopic (exact) mass is 248 g/mol. The summed E-state index contributed by atoms with van der Waals surface area (Å²) in [7, 11) is 3.12. The summed E-state index contributed by atoms with van der Waals surface area (Å²) < 4.78 is 11.9. The standard InChI is InChI=1S/C13H16N2O3/c1-4-18-8-5-6-10-9(7-8)11(14)12(15(10)2)13(16)17-3/h5-7H,4,14H2,1-3H3. The third kappa shape index (κ3) is 1.77. The molecule has 96 valence electrons. The van der Waals surface area contributed by atoms with Gasteiger partial charge in [-0.15, -0.1) is 0 Å². The van der Waals surface area contributed by atoms with Gasteiger partial charge < -0.3 is 19.8 Å². The summed E-state index contributed by atoms with van der Waals surface area (Å²) in [5.74, 6) is 0.294. The van der Waals surface area contributed by atoms with E-state index < -0.39 is 5.97 Å². The quantitative estimate of drug-likeness (QED) is 0.843. The molecule has 0 spiro atoms. The average Bonchev–Trinajstić information content (AvgIpc) is 2.61. The summed E-state index contributed by atoms with van der Waals surface area (Å²) in [6.45, 7) is 2.50. The Kier molecular flexibility index (Phi) is 3.14. The van der Waals surface area contributed by atoms with Gasteiger partial charge in [-0.05, 0) is 25.1 Å². The average molecular weight is 248 g/mol. The lowest BCUT2D eigenvalue weighted by Gasteiger charge is -2.03. The number of nitrogens with zero attached hydrogens (tertiary/aromatic N) is 1. The molecule has 0 bridgehead atoms. The van der Waals surface area contributed by atoms with Crippen LogP contribution in [0.4, 0.5) is 5.69 Å². The van der Waals surface area contributed by atoms with Crippen LogP contribution in [0, 0.1) is 0 Å². The molecule has 0 unspecified atom stereocenters. The number of rotatable bonds is 3. The van der Waals surface area contributed by atoms with E-state index in [1.54, 1.807) is 11.6 Å². The molecular formula is C13H16N2O3. The molecule has 0 saturated heterocycles. The molecule has 1 aromatic heterocycles. The highest BCUT2D eigenvalue weighted by Gasteiger charge is 2.19. The molecule has 2 aromatic rings. The number of aryl methyl sites for hydroxylation is 1. The van der Waals surface area contributed by atoms with Crippen molar-refractivity contribution in [3.8, 4) is 5.75 Å². The number of hydrogen-bond donors (Lipinski definition) is 1. The smallest absolute Gasteiger partial charge is 0.356 e. The molecule has 0 amide bonds. The van der Waals surface area contributed by atoms with Crippen molar-refractivity contribution in [2.45, 2.75) is 6.92 Å². The van der Waals surface area contributed by atoms with Crippen molar-refractivity contribution in [3.63, 3.8) is 0 Å². The lowest BCUT2D eigenvalue weighted by molar-refractivity contribution is 0.0592. The molecule has 5 nitrogen and oxygen atoms in total. The second-order valence-electron chi connectivity index (χ2n) is 3.92. The third-order valence-corrected chi connectivity index (χ3v) is 2.90. The Balaban J connectivity index is 2.66. The number of carbonyl (C=O) groups is 1. The first-order valence-corrected chi connectivity index (χ1v) is 5.69. The Bertz CT molecular complexity index is 602. The van der Waals surface area contributed by atoms with E-state index in [1.807, 2.05) is 25.1 Å². The van der Waals surface area contributed by atoms with E-state index in [0.717, 1.165) is 16.7 Å². The van der Waals surface area contributed by atoms with E-state index in [-0.39, 0.29) is 0 Å². The maximum absolute atomic E-state index is 11.7. The van der Waals surface area contributed by atoms with Gasteiger partial charge in [0.2, 0.25) is 0 Å². The van der Waals surface area contributed by atoms with Crippen molar-refractivity contribution < 1.29 is 14.3 Å². The molecule has 1 heterocycles. The van der Waals surface area contributed by atoms with E-state index in [4.69, 9.17) is 15.2 Å². The van der Waals surface area contributed by atoms with Crippen molar-refractivity contribution in [1.82, 2.24) is 4.57 Å². The minimum Gasteiger partial charge on any atom is -0.494 e. The molecule has 0 atom stereocenters. The Labute approximate surface area is 105 Å². The Hall–Kier alpha value is -2.17. The van der Waals surface area contributed by atoms with Crippen LogP contribution in [-0.4, -0.2) is 24.3 Å². The second kappa shape index (κ2) is 4.60. The van der Waals surface area contributed by atoms with Crippen LogP contribution in [0.5, 0.6) is 5.75 Å². The van der Waals surface area contributed by atoms with Crippen molar-refractivity contribution in [1.29, 1.82) is 0 Å². The highest BCUT2D eigenvalue weighted by Crippen LogP contribution is 2.31. The largest absolute Gasteiger partial charge is 0.494 e. The number of hydrogen-bond acceptors (Lipinski definition) is 4. The van der Waals surface area contributed by atoms with E-state index >= 15 is 0 Å². The zero-order chi connectivity index (χ0) is 13.3. The topological polar surface area (TPSA) is 66.5 Å². The summed E-state index contributed by atoms with van der Waals surface area (Å²) in [4.78, 5) is 11.7. The number of fused-ring (bicyclic) bond motifs is 1. The first-order valence-electron chi connectivity index (χ1n) is 5.69. The van der Waals surface area contributed by atoms with Crippen LogP contribution < -0.4 is 10.5 Å². The van der Waals surface area contributed by atoms with Gasteiger partial charge in [-0.1, -0.05) is 0 Å². The predicted octanol–water partition coefficient (Wildman–Crippen LogP) is 1.95. The number of ether oxygens (including phenoxy) is 2. The zero-order valence-electron chi connectivity index (χ0n) is 10.7.